The van der Waals surface area contributed by atoms with E-state index >= 15 is 9.59 Å². The molecule has 1 unspecified atom stereocenters. The van der Waals surface area contributed by atoms with Crippen LogP contribution in [0.3, 0.4) is 0 Å². The molecule has 23 heteroatoms. The number of allylic oxidation sites excluding steroid dienone is 2. The number of nitrogens with one attached hydrogen (secondary N) is 3. The van der Waals surface area contributed by atoms with Gasteiger partial charge in [0.05, 0.1) is 12.6 Å². The van der Waals surface area contributed by atoms with Crippen LogP contribution in [0.15, 0.2) is 12.2 Å². The average molecular weight is 1160 g/mol. The van der Waals surface area contributed by atoms with Gasteiger partial charge in [-0.25, -0.2) is 4.79 Å². The zero-order valence-corrected chi connectivity index (χ0v) is 53.9. The number of nitrogens with zero attached hydrogens (tertiary/aromatic N) is 6. The molecule has 470 valence electrons. The second-order valence-electron chi connectivity index (χ2n) is 24.0. The maximum absolute atomic E-state index is 15.2. The lowest BCUT2D eigenvalue weighted by atomic mass is 9.91. The summed E-state index contributed by atoms with van der Waals surface area (Å²) >= 11 is 0. The summed E-state index contributed by atoms with van der Waals surface area (Å²) in [6.45, 7) is 28.9. The standard InChI is InChI=1S/C59H106N10O13/c1-24-26-27-38(13)50(82-42(17)71)49(53(74)63-43(25-2)59(80)81-29-28-64(18)41(16)70)69(23)58(79)48(37(11)12)68(22)56(77)46(32-35(7)8)67(21)55(76)45(31-34(5)6)66(20)54(75)40(15)62-51(72)39(14)61-52(73)44(30-33(3)4)65(19)57(78)47(60)36(9)10/h24,26,33-40,43-50H,25,27-32,60H2,1-23H3,(H,61,73)(H,62,72)(H,63,74)/b26-24+/t38-,39+,40-,43+,44?,45+,46+,47+,48+,49+,50-/m1/s1. The summed E-state index contributed by atoms with van der Waals surface area (Å²) in [5.41, 5.74) is 6.14. The molecule has 23 nitrogen and oxygen atoms in total. The zero-order valence-electron chi connectivity index (χ0n) is 53.9. The van der Waals surface area contributed by atoms with Crippen LogP contribution >= 0.6 is 0 Å². The second kappa shape index (κ2) is 35.8. The number of ether oxygens (including phenoxy) is 2. The van der Waals surface area contributed by atoms with Crippen molar-refractivity contribution in [1.29, 1.82) is 0 Å². The lowest BCUT2D eigenvalue weighted by molar-refractivity contribution is -0.164. The molecule has 9 amide bonds. The van der Waals surface area contributed by atoms with Gasteiger partial charge in [-0.05, 0) is 88.4 Å². The zero-order chi connectivity index (χ0) is 64.0. The van der Waals surface area contributed by atoms with Crippen LogP contribution in [-0.2, 0) is 62.2 Å². The highest BCUT2D eigenvalue weighted by molar-refractivity contribution is 5.98. The minimum atomic E-state index is -1.54. The smallest absolute Gasteiger partial charge is 0.328 e. The van der Waals surface area contributed by atoms with E-state index < -0.39 is 132 Å². The van der Waals surface area contributed by atoms with E-state index in [0.717, 1.165) is 4.90 Å². The van der Waals surface area contributed by atoms with E-state index in [1.54, 1.807) is 61.6 Å². The molecule has 0 fully saturated rings. The predicted octanol–water partition coefficient (Wildman–Crippen LogP) is 3.36. The third-order valence-corrected chi connectivity index (χ3v) is 14.7. The number of likely N-dealkylation sites (N-methyl/N-ethyl adjacent to an activating group) is 6. The van der Waals surface area contributed by atoms with Crippen LogP contribution in [0.5, 0.6) is 0 Å². The molecule has 0 saturated heterocycles. The first-order valence-corrected chi connectivity index (χ1v) is 29.0. The van der Waals surface area contributed by atoms with Crippen molar-refractivity contribution in [2.75, 3.05) is 55.4 Å². The number of carbonyl (C=O) groups is 11. The van der Waals surface area contributed by atoms with Gasteiger partial charge < -0.3 is 60.6 Å². The van der Waals surface area contributed by atoms with Crippen molar-refractivity contribution in [2.24, 2.45) is 41.2 Å². The Morgan fingerprint density at radius 2 is 0.976 bits per heavy atom. The third-order valence-electron chi connectivity index (χ3n) is 14.7. The third kappa shape index (κ3) is 23.3. The Morgan fingerprint density at radius 1 is 0.524 bits per heavy atom. The molecule has 5 N–H and O–H groups in total. The Hall–Kier alpha value is -6.13. The maximum atomic E-state index is 15.2. The summed E-state index contributed by atoms with van der Waals surface area (Å²) in [5.74, 6) is -8.45. The molecule has 0 aromatic carbocycles. The average Bonchev–Trinajstić information content (AvgIpc) is 3.46. The molecule has 0 aliphatic heterocycles. The summed E-state index contributed by atoms with van der Waals surface area (Å²) < 4.78 is 11.3. The summed E-state index contributed by atoms with van der Waals surface area (Å²) in [4.78, 5) is 160. The summed E-state index contributed by atoms with van der Waals surface area (Å²) in [6, 6.07) is -10.4. The molecule has 0 aliphatic carbocycles. The Balaban J connectivity index is 7.15. The minimum Gasteiger partial charge on any atom is -0.462 e. The fourth-order valence-corrected chi connectivity index (χ4v) is 9.38. The van der Waals surface area contributed by atoms with E-state index in [-0.39, 0.29) is 62.0 Å². The molecule has 0 bridgehead atoms. The first kappa shape index (κ1) is 75.9. The Labute approximate surface area is 490 Å². The van der Waals surface area contributed by atoms with Crippen molar-refractivity contribution < 1.29 is 62.2 Å². The molecular weight excluding hydrogens is 1060 g/mol. The van der Waals surface area contributed by atoms with Crippen LogP contribution in [-0.4, -0.2) is 210 Å². The van der Waals surface area contributed by atoms with Gasteiger partial charge >= 0.3 is 11.9 Å². The molecule has 11 atom stereocenters. The van der Waals surface area contributed by atoms with E-state index in [1.165, 1.54) is 87.4 Å². The second-order valence-corrected chi connectivity index (χ2v) is 24.0. The molecular formula is C59H106N10O13. The molecule has 0 aliphatic rings. The van der Waals surface area contributed by atoms with Crippen molar-refractivity contribution in [3.05, 3.63) is 12.2 Å². The highest BCUT2D eigenvalue weighted by atomic mass is 16.5. The normalized spacial score (nSPS) is 15.7. The number of amides is 9. The van der Waals surface area contributed by atoms with Gasteiger partial charge in [0, 0.05) is 56.1 Å². The van der Waals surface area contributed by atoms with Gasteiger partial charge in [-0.15, -0.1) is 0 Å². The van der Waals surface area contributed by atoms with Gasteiger partial charge in [-0.3, -0.25) is 47.9 Å². The maximum Gasteiger partial charge on any atom is 0.328 e. The van der Waals surface area contributed by atoms with Crippen molar-refractivity contribution in [3.63, 3.8) is 0 Å². The topological polar surface area (TPSA) is 288 Å². The fraction of sp³-hybridized carbons (Fsp3) is 0.780. The number of rotatable bonds is 34. The lowest BCUT2D eigenvalue weighted by Crippen LogP contribution is -2.63. The molecule has 0 aromatic rings. The summed E-state index contributed by atoms with van der Waals surface area (Å²) in [7, 11) is 8.74. The first-order valence-electron chi connectivity index (χ1n) is 29.0. The number of nitrogens with two attached hydrogens (primary N) is 1. The van der Waals surface area contributed by atoms with Crippen LogP contribution in [0.1, 0.15) is 150 Å². The van der Waals surface area contributed by atoms with Gasteiger partial charge in [-0.1, -0.05) is 95.2 Å². The fourth-order valence-electron chi connectivity index (χ4n) is 9.38. The lowest BCUT2D eigenvalue weighted by Gasteiger charge is -2.42. The number of esters is 2. The quantitative estimate of drug-likeness (QED) is 0.0531. The van der Waals surface area contributed by atoms with Crippen molar-refractivity contribution in [3.8, 4) is 0 Å². The Morgan fingerprint density at radius 3 is 1.41 bits per heavy atom. The van der Waals surface area contributed by atoms with Crippen LogP contribution in [0, 0.1) is 35.5 Å². The molecule has 0 heterocycles. The predicted molar refractivity (Wildman–Crippen MR) is 315 cm³/mol. The largest absolute Gasteiger partial charge is 0.462 e. The molecule has 0 rings (SSSR count). The highest BCUT2D eigenvalue weighted by Gasteiger charge is 2.46. The van der Waals surface area contributed by atoms with Gasteiger partial charge in [0.2, 0.25) is 53.2 Å². The van der Waals surface area contributed by atoms with E-state index in [9.17, 15) is 43.2 Å². The minimum absolute atomic E-state index is 0.00475. The molecule has 0 saturated carbocycles. The molecule has 0 aromatic heterocycles. The first-order chi connectivity index (χ1) is 37.8. The summed E-state index contributed by atoms with van der Waals surface area (Å²) in [6.07, 6.45) is 3.36. The molecule has 0 radical (unpaired) electrons. The highest BCUT2D eigenvalue weighted by Crippen LogP contribution is 2.26. The van der Waals surface area contributed by atoms with Crippen LogP contribution < -0.4 is 21.7 Å². The van der Waals surface area contributed by atoms with E-state index in [0.29, 0.717) is 12.8 Å². The van der Waals surface area contributed by atoms with Crippen molar-refractivity contribution >= 4 is 65.1 Å². The Bertz CT molecular complexity index is 2190. The van der Waals surface area contributed by atoms with E-state index in [2.05, 4.69) is 16.0 Å². The number of hydrogen-bond acceptors (Lipinski definition) is 14. The monoisotopic (exact) mass is 1160 g/mol. The van der Waals surface area contributed by atoms with Gasteiger partial charge in [-0.2, -0.15) is 0 Å². The van der Waals surface area contributed by atoms with Crippen molar-refractivity contribution in [2.45, 2.75) is 210 Å². The molecule has 0 spiro atoms. The van der Waals surface area contributed by atoms with E-state index in [1.807, 2.05) is 47.6 Å². The van der Waals surface area contributed by atoms with Gasteiger partial charge in [0.15, 0.2) is 0 Å². The number of carbonyl (C=O) groups excluding carboxylic acids is 11. The van der Waals surface area contributed by atoms with Gasteiger partial charge in [0.25, 0.3) is 0 Å². The van der Waals surface area contributed by atoms with Gasteiger partial charge in [0.1, 0.15) is 61.0 Å². The number of hydrogen-bond donors (Lipinski definition) is 4. The molecule has 82 heavy (non-hydrogen) atoms. The van der Waals surface area contributed by atoms with Crippen LogP contribution in [0.2, 0.25) is 0 Å². The van der Waals surface area contributed by atoms with Crippen molar-refractivity contribution in [1.82, 2.24) is 45.3 Å². The Kier molecular flexibility index (Phi) is 33.1. The van der Waals surface area contributed by atoms with Crippen LogP contribution in [0.25, 0.3) is 0 Å². The van der Waals surface area contributed by atoms with Crippen LogP contribution in [0.4, 0.5) is 0 Å². The summed E-state index contributed by atoms with van der Waals surface area (Å²) in [5, 5.41) is 8.04. The van der Waals surface area contributed by atoms with E-state index in [4.69, 9.17) is 15.2 Å². The SMILES string of the molecule is C/C=C/C[C@@H](C)[C@@H](OC(C)=O)[C@@H](C(=O)N[C@@H](CC)C(=O)OCCN(C)C(C)=O)N(C)C(=O)[C@H](C(C)C)N(C)C(=O)[C@H](CC(C)C)N(C)C(=O)[C@H](CC(C)C)N(C)C(=O)[C@@H](C)NC(=O)[C@H](C)NC(=O)C(CC(C)C)N(C)C(=O)[C@@H](N)C(C)C.